The van der Waals surface area contributed by atoms with Gasteiger partial charge < -0.3 is 9.42 Å². The van der Waals surface area contributed by atoms with Gasteiger partial charge in [0, 0.05) is 18.5 Å². The zero-order valence-corrected chi connectivity index (χ0v) is 16.2. The first-order chi connectivity index (χ1) is 13.5. The minimum atomic E-state index is -0.182. The van der Waals surface area contributed by atoms with Crippen molar-refractivity contribution < 1.29 is 9.32 Å². The molecule has 0 aliphatic carbocycles. The second kappa shape index (κ2) is 7.43. The molecular formula is C23H23N3O2. The smallest absolute Gasteiger partial charge is 0.249 e. The molecule has 1 amide bonds. The minimum Gasteiger partial charge on any atom is -0.337 e. The molecule has 28 heavy (non-hydrogen) atoms. The van der Waals surface area contributed by atoms with Crippen LogP contribution in [0.25, 0.3) is 17.5 Å². The number of amides is 1. The highest BCUT2D eigenvalue weighted by Gasteiger charge is 2.36. The molecule has 1 aliphatic rings. The molecule has 5 heteroatoms. The molecule has 1 fully saturated rings. The number of hydrogen-bond donors (Lipinski definition) is 0. The van der Waals surface area contributed by atoms with Gasteiger partial charge in [-0.1, -0.05) is 59.8 Å². The summed E-state index contributed by atoms with van der Waals surface area (Å²) in [5, 5.41) is 4.19. The van der Waals surface area contributed by atoms with Crippen LogP contribution in [0.1, 0.15) is 47.0 Å². The van der Waals surface area contributed by atoms with E-state index < -0.39 is 0 Å². The molecule has 1 saturated heterocycles. The standard InChI is InChI=1S/C23H23N3O2/c1-4-17-7-9-18(10-8-17)14-26-20(11-12-21(26)27)23-24-22(25-28-23)19-13-15(2)5-6-16(19)3/h4-10,13,20H,1,11-12,14H2,2-3H3. The molecule has 2 aromatic carbocycles. The van der Waals surface area contributed by atoms with E-state index >= 15 is 0 Å². The Morgan fingerprint density at radius 2 is 2.00 bits per heavy atom. The van der Waals surface area contributed by atoms with Crippen LogP contribution in [0.4, 0.5) is 0 Å². The zero-order chi connectivity index (χ0) is 19.7. The van der Waals surface area contributed by atoms with Crippen molar-refractivity contribution in [2.24, 2.45) is 0 Å². The SMILES string of the molecule is C=Cc1ccc(CN2C(=O)CCC2c2nc(-c3cc(C)ccc3C)no2)cc1. The van der Waals surface area contributed by atoms with E-state index in [0.29, 0.717) is 31.1 Å². The van der Waals surface area contributed by atoms with Gasteiger partial charge in [0.25, 0.3) is 0 Å². The van der Waals surface area contributed by atoms with Crippen molar-refractivity contribution in [1.82, 2.24) is 15.0 Å². The Morgan fingerprint density at radius 3 is 2.75 bits per heavy atom. The normalized spacial score (nSPS) is 16.6. The first-order valence-corrected chi connectivity index (χ1v) is 9.47. The first-order valence-electron chi connectivity index (χ1n) is 9.47. The molecule has 0 N–H and O–H groups in total. The van der Waals surface area contributed by atoms with Crippen LogP contribution in [0.3, 0.4) is 0 Å². The molecule has 3 aromatic rings. The summed E-state index contributed by atoms with van der Waals surface area (Å²) >= 11 is 0. The maximum absolute atomic E-state index is 12.5. The first kappa shape index (κ1) is 18.2. The van der Waals surface area contributed by atoms with Crippen LogP contribution in [-0.2, 0) is 11.3 Å². The van der Waals surface area contributed by atoms with Crippen molar-refractivity contribution >= 4 is 12.0 Å². The zero-order valence-electron chi connectivity index (χ0n) is 16.2. The van der Waals surface area contributed by atoms with Gasteiger partial charge in [-0.15, -0.1) is 0 Å². The van der Waals surface area contributed by atoms with Gasteiger partial charge in [-0.25, -0.2) is 0 Å². The Kier molecular flexibility index (Phi) is 4.82. The average molecular weight is 373 g/mol. The Labute approximate surface area is 164 Å². The van der Waals surface area contributed by atoms with Crippen LogP contribution in [0.2, 0.25) is 0 Å². The Hall–Kier alpha value is -3.21. The third kappa shape index (κ3) is 3.48. The van der Waals surface area contributed by atoms with Gasteiger partial charge in [-0.2, -0.15) is 4.98 Å². The fourth-order valence-corrected chi connectivity index (χ4v) is 3.60. The molecule has 0 radical (unpaired) electrons. The minimum absolute atomic E-state index is 0.115. The van der Waals surface area contributed by atoms with E-state index in [1.54, 1.807) is 6.08 Å². The second-order valence-electron chi connectivity index (χ2n) is 7.30. The molecule has 1 aromatic heterocycles. The number of hydrogen-bond acceptors (Lipinski definition) is 4. The number of benzene rings is 2. The largest absolute Gasteiger partial charge is 0.337 e. The van der Waals surface area contributed by atoms with Crippen molar-refractivity contribution in [2.45, 2.75) is 39.3 Å². The summed E-state index contributed by atoms with van der Waals surface area (Å²) in [6.45, 7) is 8.38. The van der Waals surface area contributed by atoms with Gasteiger partial charge in [0.15, 0.2) is 0 Å². The molecular weight excluding hydrogens is 350 g/mol. The number of aryl methyl sites for hydroxylation is 2. The lowest BCUT2D eigenvalue weighted by Crippen LogP contribution is -2.27. The van der Waals surface area contributed by atoms with E-state index in [1.165, 1.54) is 0 Å². The highest BCUT2D eigenvalue weighted by molar-refractivity contribution is 5.79. The molecule has 1 atom stereocenters. The quantitative estimate of drug-likeness (QED) is 0.641. The van der Waals surface area contributed by atoms with Crippen LogP contribution in [-0.4, -0.2) is 20.9 Å². The molecule has 5 nitrogen and oxygen atoms in total. The van der Waals surface area contributed by atoms with E-state index in [9.17, 15) is 4.79 Å². The van der Waals surface area contributed by atoms with Gasteiger partial charge in [-0.3, -0.25) is 4.79 Å². The maximum atomic E-state index is 12.5. The molecule has 0 spiro atoms. The van der Waals surface area contributed by atoms with Gasteiger partial charge >= 0.3 is 0 Å². The van der Waals surface area contributed by atoms with Crippen LogP contribution in [0.5, 0.6) is 0 Å². The molecule has 4 rings (SSSR count). The third-order valence-electron chi connectivity index (χ3n) is 5.26. The lowest BCUT2D eigenvalue weighted by Gasteiger charge is -2.22. The van der Waals surface area contributed by atoms with Crippen LogP contribution in [0.15, 0.2) is 53.6 Å². The summed E-state index contributed by atoms with van der Waals surface area (Å²) < 4.78 is 5.58. The summed E-state index contributed by atoms with van der Waals surface area (Å²) in [5.74, 6) is 1.19. The van der Waals surface area contributed by atoms with Crippen molar-refractivity contribution in [3.63, 3.8) is 0 Å². The topological polar surface area (TPSA) is 59.2 Å². The third-order valence-corrected chi connectivity index (χ3v) is 5.26. The van der Waals surface area contributed by atoms with E-state index in [0.717, 1.165) is 27.8 Å². The predicted molar refractivity (Wildman–Crippen MR) is 108 cm³/mol. The van der Waals surface area contributed by atoms with Gasteiger partial charge in [-0.05, 0) is 43.0 Å². The number of nitrogens with zero attached hydrogens (tertiary/aromatic N) is 3. The average Bonchev–Trinajstić information content (AvgIpc) is 3.32. The molecule has 1 unspecified atom stereocenters. The predicted octanol–water partition coefficient (Wildman–Crippen LogP) is 4.86. The van der Waals surface area contributed by atoms with Crippen LogP contribution < -0.4 is 0 Å². The Morgan fingerprint density at radius 1 is 1.21 bits per heavy atom. The van der Waals surface area contributed by atoms with Crippen LogP contribution >= 0.6 is 0 Å². The van der Waals surface area contributed by atoms with Crippen molar-refractivity contribution in [1.29, 1.82) is 0 Å². The fourth-order valence-electron chi connectivity index (χ4n) is 3.60. The van der Waals surface area contributed by atoms with E-state index in [1.807, 2.05) is 43.0 Å². The monoisotopic (exact) mass is 373 g/mol. The number of rotatable bonds is 5. The number of carbonyl (C=O) groups is 1. The highest BCUT2D eigenvalue weighted by Crippen LogP contribution is 2.34. The van der Waals surface area contributed by atoms with E-state index in [-0.39, 0.29) is 11.9 Å². The number of aromatic nitrogens is 2. The van der Waals surface area contributed by atoms with Crippen LogP contribution in [0, 0.1) is 13.8 Å². The molecule has 0 saturated carbocycles. The van der Waals surface area contributed by atoms with Crippen molar-refractivity contribution in [2.75, 3.05) is 0 Å². The molecule has 2 heterocycles. The Balaban J connectivity index is 1.59. The lowest BCUT2D eigenvalue weighted by molar-refractivity contribution is -0.129. The van der Waals surface area contributed by atoms with Crippen molar-refractivity contribution in [3.8, 4) is 11.4 Å². The summed E-state index contributed by atoms with van der Waals surface area (Å²) in [5.41, 5.74) is 5.33. The van der Waals surface area contributed by atoms with Crippen molar-refractivity contribution in [3.05, 3.63) is 77.2 Å². The van der Waals surface area contributed by atoms with E-state index in [2.05, 4.69) is 34.9 Å². The fraction of sp³-hybridized carbons (Fsp3) is 0.261. The van der Waals surface area contributed by atoms with Gasteiger partial charge in [0.2, 0.25) is 17.6 Å². The summed E-state index contributed by atoms with van der Waals surface area (Å²) in [7, 11) is 0. The highest BCUT2D eigenvalue weighted by atomic mass is 16.5. The lowest BCUT2D eigenvalue weighted by atomic mass is 10.1. The molecule has 142 valence electrons. The van der Waals surface area contributed by atoms with E-state index in [4.69, 9.17) is 4.52 Å². The molecule has 1 aliphatic heterocycles. The summed E-state index contributed by atoms with van der Waals surface area (Å²) in [6, 6.07) is 14.0. The van der Waals surface area contributed by atoms with Gasteiger partial charge in [0.1, 0.15) is 6.04 Å². The number of carbonyl (C=O) groups excluding carboxylic acids is 1. The van der Waals surface area contributed by atoms with Gasteiger partial charge in [0.05, 0.1) is 0 Å². The second-order valence-corrected chi connectivity index (χ2v) is 7.30. The maximum Gasteiger partial charge on any atom is 0.249 e. The summed E-state index contributed by atoms with van der Waals surface area (Å²) in [4.78, 5) is 19.0. The number of likely N-dealkylation sites (tertiary alicyclic amines) is 1. The summed E-state index contributed by atoms with van der Waals surface area (Å²) in [6.07, 6.45) is 3.00. The molecule has 0 bridgehead atoms. The Bertz CT molecular complexity index is 1020.